The number of ether oxygens (including phenoxy) is 1. The van der Waals surface area contributed by atoms with Gasteiger partial charge in [0.2, 0.25) is 0 Å². The number of aryl methyl sites for hydroxylation is 1. The number of hydrogen-bond donors (Lipinski definition) is 1. The van der Waals surface area contributed by atoms with Crippen molar-refractivity contribution in [1.82, 2.24) is 15.1 Å². The van der Waals surface area contributed by atoms with E-state index in [0.717, 1.165) is 34.6 Å². The molecule has 1 heterocycles. The van der Waals surface area contributed by atoms with Crippen molar-refractivity contribution < 1.29 is 4.74 Å². The van der Waals surface area contributed by atoms with Crippen LogP contribution in [0.15, 0.2) is 28.9 Å². The van der Waals surface area contributed by atoms with Crippen LogP contribution in [0.1, 0.15) is 31.1 Å². The highest BCUT2D eigenvalue weighted by molar-refractivity contribution is 9.10. The Balaban J connectivity index is 2.52. The lowest BCUT2D eigenvalue weighted by Gasteiger charge is -2.21. The predicted octanol–water partition coefficient (Wildman–Crippen LogP) is 4.03. The molecule has 21 heavy (non-hydrogen) atoms. The Morgan fingerprint density at radius 2 is 2.19 bits per heavy atom. The first kappa shape index (κ1) is 16.3. The second kappa shape index (κ2) is 7.29. The molecule has 1 aromatic carbocycles. The largest absolute Gasteiger partial charge is 0.493 e. The Morgan fingerprint density at radius 1 is 1.43 bits per heavy atom. The summed E-state index contributed by atoms with van der Waals surface area (Å²) in [6, 6.07) is 5.96. The van der Waals surface area contributed by atoms with Gasteiger partial charge in [-0.25, -0.2) is 0 Å². The number of nitrogens with zero attached hydrogens (tertiary/aromatic N) is 2. The van der Waals surface area contributed by atoms with Crippen molar-refractivity contribution in [3.8, 4) is 5.75 Å². The van der Waals surface area contributed by atoms with Gasteiger partial charge in [0, 0.05) is 11.0 Å². The third kappa shape index (κ3) is 3.42. The number of nitrogens with one attached hydrogen (secondary N) is 1. The van der Waals surface area contributed by atoms with Gasteiger partial charge in [0.1, 0.15) is 5.69 Å². The van der Waals surface area contributed by atoms with Gasteiger partial charge in [-0.3, -0.25) is 4.68 Å². The molecule has 0 amide bonds. The summed E-state index contributed by atoms with van der Waals surface area (Å²) in [4.78, 5) is 0. The monoisotopic (exact) mass is 371 g/mol. The minimum atomic E-state index is -0.0157. The molecule has 1 unspecified atom stereocenters. The highest BCUT2D eigenvalue weighted by atomic mass is 79.9. The van der Waals surface area contributed by atoms with Gasteiger partial charge in [-0.15, -0.1) is 0 Å². The van der Waals surface area contributed by atoms with Crippen LogP contribution in [-0.2, 0) is 6.54 Å². The SMILES string of the molecule is CCNC(c1ccc(Br)c(Cl)c1)c1c(OC)cnn1CC. The zero-order valence-electron chi connectivity index (χ0n) is 12.4. The molecule has 0 fully saturated rings. The molecule has 0 bridgehead atoms. The number of rotatable bonds is 6. The molecule has 0 aliphatic carbocycles. The molecule has 1 N–H and O–H groups in total. The summed E-state index contributed by atoms with van der Waals surface area (Å²) in [6.07, 6.45) is 1.75. The van der Waals surface area contributed by atoms with Gasteiger partial charge in [-0.1, -0.05) is 24.6 Å². The van der Waals surface area contributed by atoms with Crippen LogP contribution < -0.4 is 10.1 Å². The van der Waals surface area contributed by atoms with Crippen LogP contribution in [0.4, 0.5) is 0 Å². The van der Waals surface area contributed by atoms with Crippen LogP contribution in [0.3, 0.4) is 0 Å². The highest BCUT2D eigenvalue weighted by Crippen LogP contribution is 2.33. The fraction of sp³-hybridized carbons (Fsp3) is 0.400. The summed E-state index contributed by atoms with van der Waals surface area (Å²) < 4.78 is 8.30. The van der Waals surface area contributed by atoms with Gasteiger partial charge in [0.25, 0.3) is 0 Å². The molecule has 6 heteroatoms. The van der Waals surface area contributed by atoms with E-state index in [1.807, 2.05) is 16.8 Å². The van der Waals surface area contributed by atoms with Crippen molar-refractivity contribution >= 4 is 27.5 Å². The van der Waals surface area contributed by atoms with Crippen LogP contribution in [0, 0.1) is 0 Å². The number of halogens is 2. The molecule has 1 atom stereocenters. The first-order chi connectivity index (χ1) is 10.1. The Labute approximate surface area is 138 Å². The second-order valence-electron chi connectivity index (χ2n) is 4.58. The molecule has 2 rings (SSSR count). The molecule has 0 aliphatic heterocycles. The topological polar surface area (TPSA) is 39.1 Å². The van der Waals surface area contributed by atoms with E-state index in [0.29, 0.717) is 5.02 Å². The van der Waals surface area contributed by atoms with Gasteiger partial charge >= 0.3 is 0 Å². The van der Waals surface area contributed by atoms with Crippen molar-refractivity contribution in [2.75, 3.05) is 13.7 Å². The summed E-state index contributed by atoms with van der Waals surface area (Å²) in [5.41, 5.74) is 2.10. The van der Waals surface area contributed by atoms with E-state index in [4.69, 9.17) is 16.3 Å². The Morgan fingerprint density at radius 3 is 2.76 bits per heavy atom. The van der Waals surface area contributed by atoms with Crippen LogP contribution in [0.5, 0.6) is 5.75 Å². The summed E-state index contributed by atoms with van der Waals surface area (Å²) in [6.45, 7) is 5.75. The van der Waals surface area contributed by atoms with Crippen molar-refractivity contribution in [2.45, 2.75) is 26.4 Å². The maximum atomic E-state index is 6.24. The van der Waals surface area contributed by atoms with Gasteiger partial charge < -0.3 is 10.1 Å². The molecular formula is C15H19BrClN3O. The first-order valence-corrected chi connectivity index (χ1v) is 8.07. The minimum Gasteiger partial charge on any atom is -0.493 e. The van der Waals surface area contributed by atoms with Gasteiger partial charge in [0.15, 0.2) is 5.75 Å². The van der Waals surface area contributed by atoms with Crippen LogP contribution in [0.2, 0.25) is 5.02 Å². The van der Waals surface area contributed by atoms with Gasteiger partial charge in [0.05, 0.1) is 24.4 Å². The van der Waals surface area contributed by atoms with Gasteiger partial charge in [-0.2, -0.15) is 5.10 Å². The normalized spacial score (nSPS) is 12.4. The lowest BCUT2D eigenvalue weighted by Crippen LogP contribution is -2.25. The molecule has 2 aromatic rings. The van der Waals surface area contributed by atoms with E-state index >= 15 is 0 Å². The lowest BCUT2D eigenvalue weighted by molar-refractivity contribution is 0.399. The average Bonchev–Trinajstić information content (AvgIpc) is 2.90. The summed E-state index contributed by atoms with van der Waals surface area (Å²) >= 11 is 9.67. The van der Waals surface area contributed by atoms with Crippen LogP contribution >= 0.6 is 27.5 Å². The third-order valence-corrected chi connectivity index (χ3v) is 4.56. The third-order valence-electron chi connectivity index (χ3n) is 3.32. The molecule has 0 saturated heterocycles. The fourth-order valence-electron chi connectivity index (χ4n) is 2.35. The zero-order chi connectivity index (χ0) is 15.4. The Bertz CT molecular complexity index is 593. The average molecular weight is 373 g/mol. The quantitative estimate of drug-likeness (QED) is 0.832. The van der Waals surface area contributed by atoms with E-state index in [1.54, 1.807) is 13.3 Å². The smallest absolute Gasteiger partial charge is 0.161 e. The molecule has 0 spiro atoms. The molecule has 0 radical (unpaired) electrons. The number of hydrogen-bond acceptors (Lipinski definition) is 3. The highest BCUT2D eigenvalue weighted by Gasteiger charge is 2.23. The number of aromatic nitrogens is 2. The van der Waals surface area contributed by atoms with Crippen molar-refractivity contribution in [3.63, 3.8) is 0 Å². The number of benzene rings is 1. The molecule has 1 aromatic heterocycles. The maximum absolute atomic E-state index is 6.24. The van der Waals surface area contributed by atoms with E-state index in [9.17, 15) is 0 Å². The maximum Gasteiger partial charge on any atom is 0.161 e. The lowest BCUT2D eigenvalue weighted by atomic mass is 10.0. The van der Waals surface area contributed by atoms with E-state index in [1.165, 1.54) is 0 Å². The fourth-order valence-corrected chi connectivity index (χ4v) is 2.78. The molecule has 0 aliphatic rings. The molecular weight excluding hydrogens is 354 g/mol. The van der Waals surface area contributed by atoms with Crippen molar-refractivity contribution in [2.24, 2.45) is 0 Å². The van der Waals surface area contributed by atoms with Gasteiger partial charge in [-0.05, 0) is 47.1 Å². The summed E-state index contributed by atoms with van der Waals surface area (Å²) in [5.74, 6) is 0.779. The zero-order valence-corrected chi connectivity index (χ0v) is 14.7. The Hall–Kier alpha value is -1.04. The van der Waals surface area contributed by atoms with E-state index < -0.39 is 0 Å². The standard InChI is InChI=1S/C15H19BrClN3O/c1-4-18-14(10-6-7-11(16)12(17)8-10)15-13(21-3)9-19-20(15)5-2/h6-9,14,18H,4-5H2,1-3H3. The number of methoxy groups -OCH3 is 1. The van der Waals surface area contributed by atoms with E-state index in [2.05, 4.69) is 46.3 Å². The minimum absolute atomic E-state index is 0.0157. The summed E-state index contributed by atoms with van der Waals surface area (Å²) in [7, 11) is 1.66. The summed E-state index contributed by atoms with van der Waals surface area (Å²) in [5, 5.41) is 8.56. The van der Waals surface area contributed by atoms with Crippen molar-refractivity contribution in [1.29, 1.82) is 0 Å². The van der Waals surface area contributed by atoms with Crippen molar-refractivity contribution in [3.05, 3.63) is 45.1 Å². The molecule has 4 nitrogen and oxygen atoms in total. The van der Waals surface area contributed by atoms with Crippen LogP contribution in [0.25, 0.3) is 0 Å². The Kier molecular flexibility index (Phi) is 5.67. The van der Waals surface area contributed by atoms with Crippen LogP contribution in [-0.4, -0.2) is 23.4 Å². The molecule has 0 saturated carbocycles. The first-order valence-electron chi connectivity index (χ1n) is 6.90. The second-order valence-corrected chi connectivity index (χ2v) is 5.84. The predicted molar refractivity (Wildman–Crippen MR) is 89.1 cm³/mol. The van der Waals surface area contributed by atoms with E-state index in [-0.39, 0.29) is 6.04 Å². The molecule has 114 valence electrons.